The van der Waals surface area contributed by atoms with Crippen LogP contribution in [0.15, 0.2) is 156 Å². The maximum absolute atomic E-state index is 14.7. The number of H-pyrrole nitrogens is 1. The topological polar surface area (TPSA) is 263 Å². The number of halogens is 16. The summed E-state index contributed by atoms with van der Waals surface area (Å²) >= 11 is 21.2. The monoisotopic (exact) mass is 1780 g/mol. The minimum Gasteiger partial charge on any atom is -0.406 e. The van der Waals surface area contributed by atoms with E-state index >= 15 is 0 Å². The van der Waals surface area contributed by atoms with Crippen molar-refractivity contribution in [1.29, 1.82) is 0 Å². The summed E-state index contributed by atoms with van der Waals surface area (Å²) in [7, 11) is 4.30. The summed E-state index contributed by atoms with van der Waals surface area (Å²) in [6.07, 6.45) is -9.47. The molecular formula is C78H74BrCl3F12N12O12. The van der Waals surface area contributed by atoms with Crippen LogP contribution in [0.3, 0.4) is 0 Å². The third-order valence-corrected chi connectivity index (χ3v) is 19.6. The molecule has 1 fully saturated rings. The lowest BCUT2D eigenvalue weighted by atomic mass is 10.1. The van der Waals surface area contributed by atoms with Gasteiger partial charge in [-0.2, -0.15) is 0 Å². The second kappa shape index (κ2) is 39.4. The van der Waals surface area contributed by atoms with Crippen molar-refractivity contribution >= 4 is 84.2 Å². The van der Waals surface area contributed by atoms with E-state index in [-0.39, 0.29) is 139 Å². The number of fused-ring (bicyclic) bond motifs is 3. The summed E-state index contributed by atoms with van der Waals surface area (Å²) in [4.78, 5) is 92.6. The number of aliphatic hydroxyl groups is 1. The molecule has 0 bridgehead atoms. The lowest BCUT2D eigenvalue weighted by Crippen LogP contribution is -2.40. The number of nitrogens with zero attached hydrogens (tertiary/aromatic N) is 11. The molecule has 0 spiro atoms. The van der Waals surface area contributed by atoms with Crippen LogP contribution < -0.4 is 48.0 Å². The molecule has 0 saturated carbocycles. The van der Waals surface area contributed by atoms with Crippen LogP contribution in [0, 0.1) is 17.5 Å². The van der Waals surface area contributed by atoms with E-state index in [1.54, 1.807) is 77.4 Å². The number of benzene rings is 6. The number of ether oxygens (including phenoxy) is 5. The molecule has 1 aliphatic heterocycles. The van der Waals surface area contributed by atoms with Crippen molar-refractivity contribution in [3.8, 4) is 17.2 Å². The first kappa shape index (κ1) is 89.9. The highest BCUT2D eigenvalue weighted by Crippen LogP contribution is 2.32. The van der Waals surface area contributed by atoms with E-state index < -0.39 is 87.5 Å². The minimum atomic E-state index is -4.96. The molecule has 630 valence electrons. The lowest BCUT2D eigenvalue weighted by molar-refractivity contribution is -0.275. The zero-order chi connectivity index (χ0) is 85.7. The third kappa shape index (κ3) is 23.3. The molecule has 7 heterocycles. The van der Waals surface area contributed by atoms with Gasteiger partial charge >= 0.3 is 36.2 Å². The summed E-state index contributed by atoms with van der Waals surface area (Å²) in [6.45, 7) is 3.89. The quantitative estimate of drug-likeness (QED) is 0.0306. The average molecular weight is 1790 g/mol. The Labute approximate surface area is 684 Å². The van der Waals surface area contributed by atoms with Gasteiger partial charge in [-0.3, -0.25) is 42.2 Å². The molecule has 13 rings (SSSR count). The van der Waals surface area contributed by atoms with Crippen molar-refractivity contribution in [1.82, 2.24) is 56.5 Å². The number of nitrogens with one attached hydrogen (secondary N) is 1. The van der Waals surface area contributed by atoms with Gasteiger partial charge in [0.1, 0.15) is 52.2 Å². The summed E-state index contributed by atoms with van der Waals surface area (Å²) in [6, 6.07) is 28.2. The first-order valence-electron chi connectivity index (χ1n) is 36.2. The van der Waals surface area contributed by atoms with Gasteiger partial charge in [0.15, 0.2) is 39.8 Å². The molecule has 118 heavy (non-hydrogen) atoms. The number of aromatic amines is 1. The first-order valence-corrected chi connectivity index (χ1v) is 38.5. The summed E-state index contributed by atoms with van der Waals surface area (Å²) < 4.78 is 191. The van der Waals surface area contributed by atoms with E-state index in [0.717, 1.165) is 122 Å². The van der Waals surface area contributed by atoms with Crippen LogP contribution in [0.25, 0.3) is 33.5 Å². The molecule has 0 aliphatic carbocycles. The molecule has 1 atom stereocenters. The van der Waals surface area contributed by atoms with Crippen molar-refractivity contribution in [3.05, 3.63) is 273 Å². The first-order chi connectivity index (χ1) is 55.9. The summed E-state index contributed by atoms with van der Waals surface area (Å²) in [5, 5.41) is 11.7. The number of alkyl halides is 10. The zero-order valence-corrected chi connectivity index (χ0v) is 66.9. The van der Waals surface area contributed by atoms with Crippen LogP contribution in [-0.4, -0.2) is 112 Å². The molecule has 1 unspecified atom stereocenters. The van der Waals surface area contributed by atoms with Crippen LogP contribution in [0.4, 0.5) is 52.7 Å². The highest BCUT2D eigenvalue weighted by molar-refractivity contribution is 9.09. The van der Waals surface area contributed by atoms with E-state index in [9.17, 15) is 86.6 Å². The largest absolute Gasteiger partial charge is 0.573 e. The number of aliphatic hydroxyl groups excluding tert-OH is 1. The standard InChI is InChI=1S/C25H23ClF4N4O3.C24H21ClF4N4O4.C21H15ClF4N4O3.C8H15BrO2/c1-3-4-11-33-23(35)21-22(32(2)24(33)36)31-20(34(21)14-15-5-7-17(26)8-6-15)13-16-12-18(9-10-19(16)27)37-25(28,29)30;1-31-21-20(22(35)32(23(31)36)9-2-10-34)33(13-14-3-5-16(25)6-4-14)19(30-21)12-15-11-17(7-8-18(15)26)37-24(27,28)29;1-29-18-17(19(31)28-20(29)32)30(10-11-2-4-13(22)5-3-11)16(27-18)9-12-8-14(6-7-15(12)23)33-21(24,25)26;9-5-3-7-11-8-4-1-2-6-10-8/h5-10,12H,3-4,11,13-14H2,1-2H3;3-8,11,34H,2,9-10,12-13H2,1H3;2-8H,9-10H2,1H3,(H,28,31,32);8H,1-7H2. The van der Waals surface area contributed by atoms with Gasteiger partial charge in [0.05, 0.1) is 6.61 Å². The van der Waals surface area contributed by atoms with E-state index in [0.29, 0.717) is 27.1 Å². The van der Waals surface area contributed by atoms with Gasteiger partial charge in [-0.05, 0) is 163 Å². The second-order valence-electron chi connectivity index (χ2n) is 26.7. The fourth-order valence-electron chi connectivity index (χ4n) is 12.6. The fourth-order valence-corrected chi connectivity index (χ4v) is 13.2. The lowest BCUT2D eigenvalue weighted by Gasteiger charge is -2.22. The van der Waals surface area contributed by atoms with Crippen molar-refractivity contribution in [2.45, 2.75) is 129 Å². The maximum atomic E-state index is 14.7. The minimum absolute atomic E-state index is 0.0299. The number of aromatic nitrogens is 12. The van der Waals surface area contributed by atoms with Crippen molar-refractivity contribution in [2.75, 3.05) is 25.2 Å². The molecule has 1 saturated heterocycles. The van der Waals surface area contributed by atoms with Crippen molar-refractivity contribution in [3.63, 3.8) is 0 Å². The average Bonchev–Trinajstić information content (AvgIpc) is 1.61. The van der Waals surface area contributed by atoms with Gasteiger partial charge in [0, 0.05) is 107 Å². The Morgan fingerprint density at radius 1 is 0.500 bits per heavy atom. The summed E-state index contributed by atoms with van der Waals surface area (Å²) in [5.41, 5.74) is -1.61. The second-order valence-corrected chi connectivity index (χ2v) is 28.8. The molecule has 6 aromatic carbocycles. The molecule has 0 amide bonds. The zero-order valence-electron chi connectivity index (χ0n) is 63.0. The smallest absolute Gasteiger partial charge is 0.406 e. The Kier molecular flexibility index (Phi) is 30.0. The Morgan fingerprint density at radius 3 is 1.20 bits per heavy atom. The molecular weight excluding hydrogens is 1710 g/mol. The fraction of sp³-hybridized carbons (Fsp3) is 0.346. The normalized spacial score (nSPS) is 13.1. The van der Waals surface area contributed by atoms with Gasteiger partial charge in [-0.25, -0.2) is 42.5 Å². The molecule has 2 N–H and O–H groups in total. The number of hydrogen-bond donors (Lipinski definition) is 2. The van der Waals surface area contributed by atoms with Gasteiger partial charge in [0.25, 0.3) is 16.7 Å². The van der Waals surface area contributed by atoms with E-state index in [1.807, 2.05) is 6.92 Å². The van der Waals surface area contributed by atoms with Crippen LogP contribution in [0.1, 0.15) is 103 Å². The van der Waals surface area contributed by atoms with Crippen LogP contribution in [0.2, 0.25) is 15.1 Å². The van der Waals surface area contributed by atoms with Gasteiger partial charge in [-0.15, -0.1) is 39.5 Å². The van der Waals surface area contributed by atoms with Crippen molar-refractivity contribution in [2.24, 2.45) is 21.1 Å². The molecule has 40 heteroatoms. The third-order valence-electron chi connectivity index (χ3n) is 18.3. The highest BCUT2D eigenvalue weighted by atomic mass is 79.9. The van der Waals surface area contributed by atoms with Gasteiger partial charge in [-0.1, -0.05) is 100 Å². The Hall–Kier alpha value is -10.4. The highest BCUT2D eigenvalue weighted by Gasteiger charge is 2.35. The number of imidazole rings is 3. The number of rotatable bonds is 25. The number of hydrogen-bond acceptors (Lipinski definition) is 15. The molecule has 1 aliphatic rings. The Morgan fingerprint density at radius 2 is 0.864 bits per heavy atom. The van der Waals surface area contributed by atoms with Crippen LogP contribution >= 0.6 is 50.7 Å². The van der Waals surface area contributed by atoms with Gasteiger partial charge in [0.2, 0.25) is 0 Å². The van der Waals surface area contributed by atoms with Crippen LogP contribution in [0.5, 0.6) is 17.2 Å². The Bertz CT molecular complexity index is 5690. The molecule has 12 aromatic rings. The molecule has 24 nitrogen and oxygen atoms in total. The number of aryl methyl sites for hydroxylation is 3. The molecule has 0 radical (unpaired) electrons. The molecule has 6 aromatic heterocycles. The van der Waals surface area contributed by atoms with Gasteiger partial charge < -0.3 is 42.5 Å². The Balaban J connectivity index is 0.000000175. The predicted octanol–water partition coefficient (Wildman–Crippen LogP) is 14.7. The summed E-state index contributed by atoms with van der Waals surface area (Å²) in [5.74, 6) is -3.64. The predicted molar refractivity (Wildman–Crippen MR) is 418 cm³/mol. The van der Waals surface area contributed by atoms with E-state index in [2.05, 4.69) is 50.1 Å². The number of unbranched alkanes of at least 4 members (excludes halogenated alkanes) is 1. The van der Waals surface area contributed by atoms with Crippen LogP contribution in [-0.2, 0) is 82.6 Å². The SMILES string of the molecule is BrCCCOC1CCCCO1.CCCCn1c(=O)c2c(nc(Cc3cc(OC(F)(F)F)ccc3F)n2Cc2ccc(Cl)cc2)n(C)c1=O.Cn1c(=O)[nH]c(=O)c2c1nc(Cc1cc(OC(F)(F)F)ccc1F)n2Cc1ccc(Cl)cc1.Cn1c(=O)n(CCCO)c(=O)c2c1nc(Cc1cc(OC(F)(F)F)ccc1F)n2Cc1ccc(Cl)cc1. The van der Waals surface area contributed by atoms with E-state index in [4.69, 9.17) is 44.3 Å². The van der Waals surface area contributed by atoms with Crippen molar-refractivity contribution < 1.29 is 81.5 Å². The maximum Gasteiger partial charge on any atom is 0.573 e. The van der Waals surface area contributed by atoms with E-state index in [1.165, 1.54) is 47.7 Å².